The Hall–Kier alpha value is -1.38. The monoisotopic (exact) mass is 305 g/mol. The number of carbonyl (C=O) groups is 1. The lowest BCUT2D eigenvalue weighted by Crippen LogP contribution is -2.37. The van der Waals surface area contributed by atoms with Crippen molar-refractivity contribution in [3.05, 3.63) is 17.1 Å². The standard InChI is InChI=1S/C12H19NO6S/c1-5-9(6-14)13-20(16,17)11-8(3)19-7(2)10(11)12(15)18-4/h9,13-14H,5-6H2,1-4H3. The highest BCUT2D eigenvalue weighted by molar-refractivity contribution is 7.89. The Morgan fingerprint density at radius 1 is 1.40 bits per heavy atom. The topological polar surface area (TPSA) is 106 Å². The largest absolute Gasteiger partial charge is 0.465 e. The first-order valence-corrected chi connectivity index (χ1v) is 7.58. The number of methoxy groups -OCH3 is 1. The fourth-order valence-electron chi connectivity index (χ4n) is 1.85. The molecule has 20 heavy (non-hydrogen) atoms. The Bertz CT molecular complexity index is 585. The number of rotatable bonds is 6. The minimum atomic E-state index is -3.98. The average Bonchev–Trinajstić information content (AvgIpc) is 2.70. The molecular weight excluding hydrogens is 286 g/mol. The molecule has 1 aromatic rings. The van der Waals surface area contributed by atoms with E-state index in [1.165, 1.54) is 13.8 Å². The molecular formula is C12H19NO6S. The van der Waals surface area contributed by atoms with Crippen LogP contribution in [0.2, 0.25) is 0 Å². The molecule has 114 valence electrons. The zero-order chi connectivity index (χ0) is 15.5. The number of furan rings is 1. The molecule has 7 nitrogen and oxygen atoms in total. The highest BCUT2D eigenvalue weighted by atomic mass is 32.2. The van der Waals surface area contributed by atoms with Gasteiger partial charge in [0.25, 0.3) is 0 Å². The minimum Gasteiger partial charge on any atom is -0.465 e. The van der Waals surface area contributed by atoms with Crippen LogP contribution in [0, 0.1) is 13.8 Å². The zero-order valence-electron chi connectivity index (χ0n) is 11.9. The van der Waals surface area contributed by atoms with Crippen molar-refractivity contribution in [2.45, 2.75) is 38.1 Å². The summed E-state index contributed by atoms with van der Waals surface area (Å²) in [4.78, 5) is 11.5. The van der Waals surface area contributed by atoms with Gasteiger partial charge in [-0.05, 0) is 20.3 Å². The van der Waals surface area contributed by atoms with E-state index in [1.54, 1.807) is 6.92 Å². The van der Waals surface area contributed by atoms with Crippen LogP contribution >= 0.6 is 0 Å². The molecule has 0 saturated carbocycles. The number of hydrogen-bond acceptors (Lipinski definition) is 6. The second-order valence-electron chi connectivity index (χ2n) is 4.32. The molecule has 0 spiro atoms. The molecule has 0 aromatic carbocycles. The fourth-order valence-corrected chi connectivity index (χ4v) is 3.57. The second-order valence-corrected chi connectivity index (χ2v) is 5.97. The van der Waals surface area contributed by atoms with Gasteiger partial charge in [-0.2, -0.15) is 0 Å². The van der Waals surface area contributed by atoms with Crippen LogP contribution in [0.25, 0.3) is 0 Å². The molecule has 1 unspecified atom stereocenters. The summed E-state index contributed by atoms with van der Waals surface area (Å²) in [5, 5.41) is 9.09. The second kappa shape index (κ2) is 6.38. The third kappa shape index (κ3) is 3.20. The first-order chi connectivity index (χ1) is 9.28. The summed E-state index contributed by atoms with van der Waals surface area (Å²) >= 11 is 0. The number of ether oxygens (including phenoxy) is 1. The van der Waals surface area contributed by atoms with E-state index in [9.17, 15) is 13.2 Å². The first kappa shape index (κ1) is 16.7. The number of hydrogen-bond donors (Lipinski definition) is 2. The highest BCUT2D eigenvalue weighted by Crippen LogP contribution is 2.27. The van der Waals surface area contributed by atoms with Gasteiger partial charge in [-0.1, -0.05) is 6.92 Å². The van der Waals surface area contributed by atoms with Crippen molar-refractivity contribution in [3.63, 3.8) is 0 Å². The third-order valence-electron chi connectivity index (χ3n) is 2.90. The Morgan fingerprint density at radius 2 is 2.00 bits per heavy atom. The van der Waals surface area contributed by atoms with Crippen molar-refractivity contribution in [1.82, 2.24) is 4.72 Å². The van der Waals surface area contributed by atoms with Crippen molar-refractivity contribution in [2.24, 2.45) is 0 Å². The predicted octanol–water partition coefficient (Wildman–Crippen LogP) is 0.732. The lowest BCUT2D eigenvalue weighted by atomic mass is 10.2. The number of nitrogens with one attached hydrogen (secondary N) is 1. The average molecular weight is 305 g/mol. The van der Waals surface area contributed by atoms with Crippen LogP contribution in [-0.4, -0.2) is 39.3 Å². The molecule has 1 rings (SSSR count). The van der Waals surface area contributed by atoms with Crippen LogP contribution in [0.5, 0.6) is 0 Å². The van der Waals surface area contributed by atoms with Crippen LogP contribution in [0.4, 0.5) is 0 Å². The van der Waals surface area contributed by atoms with Gasteiger partial charge in [0, 0.05) is 6.04 Å². The lowest BCUT2D eigenvalue weighted by Gasteiger charge is -2.14. The van der Waals surface area contributed by atoms with Crippen molar-refractivity contribution >= 4 is 16.0 Å². The van der Waals surface area contributed by atoms with E-state index >= 15 is 0 Å². The van der Waals surface area contributed by atoms with Crippen LogP contribution in [0.15, 0.2) is 9.31 Å². The Kier molecular flexibility index (Phi) is 5.32. The van der Waals surface area contributed by atoms with Gasteiger partial charge in [0.15, 0.2) is 0 Å². The summed E-state index contributed by atoms with van der Waals surface area (Å²) in [6, 6.07) is -0.625. The summed E-state index contributed by atoms with van der Waals surface area (Å²) in [5.74, 6) is -0.508. The van der Waals surface area contributed by atoms with Gasteiger partial charge in [-0.25, -0.2) is 17.9 Å². The number of aliphatic hydroxyl groups is 1. The molecule has 0 bridgehead atoms. The molecule has 1 aromatic heterocycles. The van der Waals surface area contributed by atoms with Crippen molar-refractivity contribution in [1.29, 1.82) is 0 Å². The normalized spacial score (nSPS) is 13.2. The van der Waals surface area contributed by atoms with E-state index < -0.39 is 22.0 Å². The molecule has 0 fully saturated rings. The van der Waals surface area contributed by atoms with E-state index in [1.807, 2.05) is 0 Å². The maximum atomic E-state index is 12.3. The van der Waals surface area contributed by atoms with Gasteiger partial charge in [-0.3, -0.25) is 0 Å². The van der Waals surface area contributed by atoms with Gasteiger partial charge >= 0.3 is 5.97 Å². The first-order valence-electron chi connectivity index (χ1n) is 6.09. The molecule has 0 amide bonds. The zero-order valence-corrected chi connectivity index (χ0v) is 12.7. The van der Waals surface area contributed by atoms with Crippen LogP contribution in [0.1, 0.15) is 35.2 Å². The lowest BCUT2D eigenvalue weighted by molar-refractivity contribution is 0.0595. The summed E-state index contributed by atoms with van der Waals surface area (Å²) in [6.45, 7) is 4.34. The van der Waals surface area contributed by atoms with Crippen molar-refractivity contribution in [3.8, 4) is 0 Å². The summed E-state index contributed by atoms with van der Waals surface area (Å²) in [7, 11) is -2.82. The fraction of sp³-hybridized carbons (Fsp3) is 0.583. The Balaban J connectivity index is 3.35. The van der Waals surface area contributed by atoms with Crippen LogP contribution in [-0.2, 0) is 14.8 Å². The molecule has 0 aliphatic heterocycles. The Labute approximate surface area is 118 Å². The van der Waals surface area contributed by atoms with Gasteiger partial charge < -0.3 is 14.3 Å². The molecule has 0 aliphatic rings. The molecule has 0 aliphatic carbocycles. The molecule has 1 heterocycles. The maximum Gasteiger partial charge on any atom is 0.342 e. The smallest absolute Gasteiger partial charge is 0.342 e. The van der Waals surface area contributed by atoms with E-state index in [4.69, 9.17) is 9.52 Å². The van der Waals surface area contributed by atoms with Gasteiger partial charge in [-0.15, -0.1) is 0 Å². The quantitative estimate of drug-likeness (QED) is 0.751. The van der Waals surface area contributed by atoms with Crippen LogP contribution in [0.3, 0.4) is 0 Å². The number of carbonyl (C=O) groups excluding carboxylic acids is 1. The molecule has 8 heteroatoms. The van der Waals surface area contributed by atoms with E-state index in [-0.39, 0.29) is 28.6 Å². The van der Waals surface area contributed by atoms with E-state index in [2.05, 4.69) is 9.46 Å². The van der Waals surface area contributed by atoms with Gasteiger partial charge in [0.1, 0.15) is 22.0 Å². The van der Waals surface area contributed by atoms with Crippen molar-refractivity contribution < 1.29 is 27.5 Å². The summed E-state index contributed by atoms with van der Waals surface area (Å²) in [5.41, 5.74) is -0.120. The minimum absolute atomic E-state index is 0.100. The summed E-state index contributed by atoms with van der Waals surface area (Å²) in [6.07, 6.45) is 0.416. The SMILES string of the molecule is CCC(CO)NS(=O)(=O)c1c(C)oc(C)c1C(=O)OC. The molecule has 0 radical (unpaired) electrons. The third-order valence-corrected chi connectivity index (χ3v) is 4.57. The number of aliphatic hydroxyl groups excluding tert-OH is 1. The molecule has 1 atom stereocenters. The van der Waals surface area contributed by atoms with Crippen molar-refractivity contribution in [2.75, 3.05) is 13.7 Å². The number of aryl methyl sites for hydroxylation is 2. The van der Waals surface area contributed by atoms with E-state index in [0.717, 1.165) is 7.11 Å². The maximum absolute atomic E-state index is 12.3. The summed E-state index contributed by atoms with van der Waals surface area (Å²) < 4.78 is 36.8. The van der Waals surface area contributed by atoms with Gasteiger partial charge in [0.05, 0.1) is 13.7 Å². The number of sulfonamides is 1. The molecule has 2 N–H and O–H groups in total. The number of esters is 1. The van der Waals surface area contributed by atoms with E-state index in [0.29, 0.717) is 6.42 Å². The van der Waals surface area contributed by atoms with Crippen LogP contribution < -0.4 is 4.72 Å². The molecule has 0 saturated heterocycles. The Morgan fingerprint density at radius 3 is 2.45 bits per heavy atom. The predicted molar refractivity (Wildman–Crippen MR) is 71.0 cm³/mol. The highest BCUT2D eigenvalue weighted by Gasteiger charge is 2.32. The van der Waals surface area contributed by atoms with Gasteiger partial charge in [0.2, 0.25) is 10.0 Å².